The highest BCUT2D eigenvalue weighted by Gasteiger charge is 2.33. The van der Waals surface area contributed by atoms with E-state index in [-0.39, 0.29) is 18.0 Å². The molecule has 3 amide bonds. The first-order valence-electron chi connectivity index (χ1n) is 9.39. The number of hydrogen-bond acceptors (Lipinski definition) is 2. The summed E-state index contributed by atoms with van der Waals surface area (Å²) >= 11 is 0. The maximum absolute atomic E-state index is 12.7. The van der Waals surface area contributed by atoms with Crippen molar-refractivity contribution in [1.82, 2.24) is 15.1 Å². The van der Waals surface area contributed by atoms with Gasteiger partial charge in [-0.1, -0.05) is 6.92 Å². The Morgan fingerprint density at radius 2 is 1.70 bits per heavy atom. The molecule has 1 aliphatic carbocycles. The summed E-state index contributed by atoms with van der Waals surface area (Å²) in [6.45, 7) is 7.59. The number of piperidine rings is 2. The van der Waals surface area contributed by atoms with E-state index in [0.29, 0.717) is 30.8 Å². The van der Waals surface area contributed by atoms with E-state index in [1.54, 1.807) is 0 Å². The number of urea groups is 1. The topological polar surface area (TPSA) is 52.7 Å². The van der Waals surface area contributed by atoms with E-state index >= 15 is 0 Å². The van der Waals surface area contributed by atoms with Gasteiger partial charge in [-0.15, -0.1) is 0 Å². The second-order valence-electron chi connectivity index (χ2n) is 7.87. The molecule has 3 rings (SSSR count). The van der Waals surface area contributed by atoms with E-state index in [9.17, 15) is 9.59 Å². The number of nitrogens with one attached hydrogen (secondary N) is 1. The van der Waals surface area contributed by atoms with Crippen LogP contribution in [0.1, 0.15) is 52.4 Å². The zero-order valence-corrected chi connectivity index (χ0v) is 14.6. The summed E-state index contributed by atoms with van der Waals surface area (Å²) in [6, 6.07) is 0.346. The second-order valence-corrected chi connectivity index (χ2v) is 7.87. The third-order valence-corrected chi connectivity index (χ3v) is 5.78. The van der Waals surface area contributed by atoms with Crippen molar-refractivity contribution in [2.24, 2.45) is 17.8 Å². The van der Waals surface area contributed by atoms with Crippen molar-refractivity contribution in [2.45, 2.75) is 58.4 Å². The molecular formula is C18H31N3O2. The molecule has 130 valence electrons. The van der Waals surface area contributed by atoms with Crippen molar-refractivity contribution in [3.8, 4) is 0 Å². The zero-order valence-electron chi connectivity index (χ0n) is 14.6. The van der Waals surface area contributed by atoms with E-state index in [4.69, 9.17) is 0 Å². The lowest BCUT2D eigenvalue weighted by Crippen LogP contribution is -2.50. The summed E-state index contributed by atoms with van der Waals surface area (Å²) < 4.78 is 0. The van der Waals surface area contributed by atoms with Crippen molar-refractivity contribution < 1.29 is 9.59 Å². The lowest BCUT2D eigenvalue weighted by molar-refractivity contribution is -0.138. The quantitative estimate of drug-likeness (QED) is 0.868. The van der Waals surface area contributed by atoms with Crippen LogP contribution in [0.3, 0.4) is 0 Å². The predicted molar refractivity (Wildman–Crippen MR) is 90.0 cm³/mol. The van der Waals surface area contributed by atoms with Crippen LogP contribution < -0.4 is 5.32 Å². The fourth-order valence-corrected chi connectivity index (χ4v) is 3.98. The molecule has 1 unspecified atom stereocenters. The van der Waals surface area contributed by atoms with E-state index < -0.39 is 0 Å². The van der Waals surface area contributed by atoms with Gasteiger partial charge < -0.3 is 15.1 Å². The number of hydrogen-bond donors (Lipinski definition) is 1. The first-order valence-corrected chi connectivity index (χ1v) is 9.39. The minimum atomic E-state index is 0.0573. The normalized spacial score (nSPS) is 27.7. The molecule has 2 aliphatic heterocycles. The number of rotatable bonds is 3. The molecule has 0 aromatic heterocycles. The van der Waals surface area contributed by atoms with Crippen LogP contribution >= 0.6 is 0 Å². The van der Waals surface area contributed by atoms with Crippen LogP contribution in [0.15, 0.2) is 0 Å². The third-order valence-electron chi connectivity index (χ3n) is 5.78. The maximum Gasteiger partial charge on any atom is 0.317 e. The van der Waals surface area contributed by atoms with Crippen LogP contribution in [-0.2, 0) is 4.79 Å². The first-order chi connectivity index (χ1) is 11.0. The summed E-state index contributed by atoms with van der Waals surface area (Å²) in [4.78, 5) is 28.9. The van der Waals surface area contributed by atoms with Crippen LogP contribution in [0, 0.1) is 17.8 Å². The number of nitrogens with zero attached hydrogens (tertiary/aromatic N) is 2. The summed E-state index contributed by atoms with van der Waals surface area (Å²) in [5, 5.41) is 3.12. The SMILES string of the molecule is CC1CCCN(C(=O)C2CCN(C(=O)N[C@H](C)C3CC3)CC2)C1. The Morgan fingerprint density at radius 3 is 2.30 bits per heavy atom. The molecule has 2 saturated heterocycles. The van der Waals surface area contributed by atoms with Crippen molar-refractivity contribution in [2.75, 3.05) is 26.2 Å². The first kappa shape index (κ1) is 16.6. The Balaban J connectivity index is 1.44. The average molecular weight is 321 g/mol. The molecule has 0 aromatic carbocycles. The fraction of sp³-hybridized carbons (Fsp3) is 0.889. The molecule has 5 heteroatoms. The Bertz CT molecular complexity index is 442. The van der Waals surface area contributed by atoms with Gasteiger partial charge in [0, 0.05) is 38.1 Å². The van der Waals surface area contributed by atoms with Gasteiger partial charge >= 0.3 is 6.03 Å². The third kappa shape index (κ3) is 4.18. The van der Waals surface area contributed by atoms with Gasteiger partial charge in [0.05, 0.1) is 0 Å². The summed E-state index contributed by atoms with van der Waals surface area (Å²) in [5.41, 5.74) is 0. The largest absolute Gasteiger partial charge is 0.342 e. The minimum Gasteiger partial charge on any atom is -0.342 e. The van der Waals surface area contributed by atoms with Crippen molar-refractivity contribution in [3.05, 3.63) is 0 Å². The van der Waals surface area contributed by atoms with Crippen LogP contribution in [-0.4, -0.2) is 54.0 Å². The Hall–Kier alpha value is -1.26. The Morgan fingerprint density at radius 1 is 1.00 bits per heavy atom. The van der Waals surface area contributed by atoms with Crippen LogP contribution in [0.5, 0.6) is 0 Å². The summed E-state index contributed by atoms with van der Waals surface area (Å²) in [5.74, 6) is 1.75. The molecule has 0 spiro atoms. The highest BCUT2D eigenvalue weighted by molar-refractivity contribution is 5.80. The number of carbonyl (C=O) groups is 2. The molecule has 2 heterocycles. The summed E-state index contributed by atoms with van der Waals surface area (Å²) in [6.07, 6.45) is 6.48. The molecule has 5 nitrogen and oxygen atoms in total. The highest BCUT2D eigenvalue weighted by Crippen LogP contribution is 2.32. The van der Waals surface area contributed by atoms with E-state index in [1.807, 2.05) is 4.90 Å². The number of carbonyl (C=O) groups excluding carboxylic acids is 2. The molecule has 0 radical (unpaired) electrons. The molecule has 2 atom stereocenters. The maximum atomic E-state index is 12.7. The lowest BCUT2D eigenvalue weighted by Gasteiger charge is -2.37. The van der Waals surface area contributed by atoms with E-state index in [0.717, 1.165) is 32.4 Å². The van der Waals surface area contributed by atoms with Crippen LogP contribution in [0.2, 0.25) is 0 Å². The molecule has 3 aliphatic rings. The molecule has 0 aromatic rings. The Kier molecular flexibility index (Phi) is 5.12. The van der Waals surface area contributed by atoms with Crippen molar-refractivity contribution in [1.29, 1.82) is 0 Å². The smallest absolute Gasteiger partial charge is 0.317 e. The predicted octanol–water partition coefficient (Wildman–Crippen LogP) is 2.46. The van der Waals surface area contributed by atoms with Gasteiger partial charge in [-0.05, 0) is 57.3 Å². The Labute approximate surface area is 139 Å². The minimum absolute atomic E-state index is 0.0573. The molecule has 0 bridgehead atoms. The number of likely N-dealkylation sites (tertiary alicyclic amines) is 2. The second kappa shape index (κ2) is 7.10. The lowest BCUT2D eigenvalue weighted by atomic mass is 9.93. The molecule has 1 saturated carbocycles. The van der Waals surface area contributed by atoms with Gasteiger partial charge in [0.15, 0.2) is 0 Å². The van der Waals surface area contributed by atoms with Crippen molar-refractivity contribution in [3.63, 3.8) is 0 Å². The molecule has 3 fully saturated rings. The molecular weight excluding hydrogens is 290 g/mol. The van der Waals surface area contributed by atoms with Crippen LogP contribution in [0.4, 0.5) is 4.79 Å². The molecule has 1 N–H and O–H groups in total. The van der Waals surface area contributed by atoms with E-state index in [2.05, 4.69) is 24.1 Å². The fourth-order valence-electron chi connectivity index (χ4n) is 3.98. The zero-order chi connectivity index (χ0) is 16.4. The van der Waals surface area contributed by atoms with E-state index in [1.165, 1.54) is 19.3 Å². The standard InChI is InChI=1S/C18H31N3O2/c1-13-4-3-9-21(12-13)17(22)16-7-10-20(11-8-16)18(23)19-14(2)15-5-6-15/h13-16H,3-12H2,1-2H3,(H,19,23)/t13?,14-/m1/s1. The summed E-state index contributed by atoms with van der Waals surface area (Å²) in [7, 11) is 0. The van der Waals surface area contributed by atoms with Gasteiger partial charge in [0.2, 0.25) is 5.91 Å². The highest BCUT2D eigenvalue weighted by atomic mass is 16.2. The number of amides is 3. The molecule has 23 heavy (non-hydrogen) atoms. The van der Waals surface area contributed by atoms with Gasteiger partial charge in [-0.3, -0.25) is 4.79 Å². The average Bonchev–Trinajstić information content (AvgIpc) is 3.39. The van der Waals surface area contributed by atoms with Crippen molar-refractivity contribution >= 4 is 11.9 Å². The van der Waals surface area contributed by atoms with Gasteiger partial charge in [0.25, 0.3) is 0 Å². The van der Waals surface area contributed by atoms with Gasteiger partial charge in [-0.2, -0.15) is 0 Å². The van der Waals surface area contributed by atoms with Crippen LogP contribution in [0.25, 0.3) is 0 Å². The van der Waals surface area contributed by atoms with Gasteiger partial charge in [-0.25, -0.2) is 4.79 Å². The monoisotopic (exact) mass is 321 g/mol. The van der Waals surface area contributed by atoms with Gasteiger partial charge in [0.1, 0.15) is 0 Å².